The summed E-state index contributed by atoms with van der Waals surface area (Å²) in [6.45, 7) is 4.96. The maximum absolute atomic E-state index is 11.7. The second-order valence-electron chi connectivity index (χ2n) is 7.35. The molecule has 0 aliphatic heterocycles. The molecule has 2 unspecified atom stereocenters. The van der Waals surface area contributed by atoms with E-state index in [-0.39, 0.29) is 5.92 Å². The molecular weight excluding hydrogens is 322 g/mol. The first-order chi connectivity index (χ1) is 12.3. The lowest BCUT2D eigenvalue weighted by Gasteiger charge is -2.37. The highest BCUT2D eigenvalue weighted by Gasteiger charge is 2.36. The van der Waals surface area contributed by atoms with Crippen LogP contribution in [0.1, 0.15) is 25.0 Å². The van der Waals surface area contributed by atoms with Crippen molar-refractivity contribution in [2.24, 2.45) is 5.92 Å². The Morgan fingerprint density at radius 2 is 1.73 bits per heavy atom. The van der Waals surface area contributed by atoms with E-state index < -0.39 is 5.60 Å². The van der Waals surface area contributed by atoms with Gasteiger partial charge in [0.25, 0.3) is 0 Å². The molecule has 0 radical (unpaired) electrons. The Balaban J connectivity index is 2.35. The Morgan fingerprint density at radius 1 is 1.12 bits per heavy atom. The quantitative estimate of drug-likeness (QED) is 0.769. The molecule has 3 heteroatoms. The van der Waals surface area contributed by atoms with Gasteiger partial charge in [-0.3, -0.25) is 0 Å². The summed E-state index contributed by atoms with van der Waals surface area (Å²) in [6, 6.07) is 18.1. The average molecular weight is 354 g/mol. The van der Waals surface area contributed by atoms with Gasteiger partial charge in [0.15, 0.2) is 0 Å². The lowest BCUT2D eigenvalue weighted by molar-refractivity contribution is 0.0150. The molecule has 0 heterocycles. The van der Waals surface area contributed by atoms with Gasteiger partial charge < -0.3 is 14.7 Å². The van der Waals surface area contributed by atoms with Crippen LogP contribution in [0.15, 0.2) is 60.2 Å². The van der Waals surface area contributed by atoms with E-state index in [4.69, 9.17) is 4.74 Å². The van der Waals surface area contributed by atoms with Gasteiger partial charge in [0, 0.05) is 18.9 Å². The minimum atomic E-state index is -0.911. The van der Waals surface area contributed by atoms with Crippen LogP contribution in [0.3, 0.4) is 0 Å². The van der Waals surface area contributed by atoms with Crippen molar-refractivity contribution in [3.8, 4) is 5.75 Å². The van der Waals surface area contributed by atoms with E-state index in [1.807, 2.05) is 63.5 Å². The van der Waals surface area contributed by atoms with Crippen molar-refractivity contribution in [1.29, 1.82) is 0 Å². The highest BCUT2D eigenvalue weighted by Crippen LogP contribution is 2.32. The maximum Gasteiger partial charge on any atom is 0.118 e. The van der Waals surface area contributed by atoms with Gasteiger partial charge in [-0.05, 0) is 49.9 Å². The fraction of sp³-hybridized carbons (Fsp3) is 0.391. The van der Waals surface area contributed by atoms with Gasteiger partial charge in [-0.15, -0.1) is 0 Å². The van der Waals surface area contributed by atoms with Crippen molar-refractivity contribution in [3.63, 3.8) is 0 Å². The second kappa shape index (κ2) is 9.02. The Kier molecular flexibility index (Phi) is 7.01. The SMILES string of the molecule is COc1ccc(/C=C(\C)C(O)(Cc2ccccc2)C(C)CN(C)C)cc1. The standard InChI is InChI=1S/C23H31NO2/c1-18(15-20-11-13-22(26-5)14-12-20)23(25,19(2)17-24(3)4)16-21-9-7-6-8-10-21/h6-15,19,25H,16-17H2,1-5H3/b18-15+. The normalized spacial score (nSPS) is 15.6. The first kappa shape index (κ1) is 20.2. The number of methoxy groups -OCH3 is 1. The van der Waals surface area contributed by atoms with Gasteiger partial charge in [0.2, 0.25) is 0 Å². The van der Waals surface area contributed by atoms with E-state index in [0.717, 1.165) is 29.0 Å². The van der Waals surface area contributed by atoms with E-state index in [9.17, 15) is 5.11 Å². The summed E-state index contributed by atoms with van der Waals surface area (Å²) in [5.41, 5.74) is 2.27. The Hall–Kier alpha value is -2.10. The molecule has 2 rings (SSSR count). The van der Waals surface area contributed by atoms with Gasteiger partial charge >= 0.3 is 0 Å². The van der Waals surface area contributed by atoms with E-state index in [2.05, 4.69) is 30.0 Å². The smallest absolute Gasteiger partial charge is 0.118 e. The predicted octanol–water partition coefficient (Wildman–Crippen LogP) is 4.27. The third kappa shape index (κ3) is 5.20. The molecule has 0 saturated carbocycles. The molecule has 140 valence electrons. The highest BCUT2D eigenvalue weighted by molar-refractivity contribution is 5.56. The number of aliphatic hydroxyl groups is 1. The number of ether oxygens (including phenoxy) is 1. The Morgan fingerprint density at radius 3 is 2.27 bits per heavy atom. The molecule has 26 heavy (non-hydrogen) atoms. The average Bonchev–Trinajstić information content (AvgIpc) is 2.62. The molecule has 2 atom stereocenters. The minimum absolute atomic E-state index is 0.0900. The van der Waals surface area contributed by atoms with Crippen molar-refractivity contribution >= 4 is 6.08 Å². The Bertz CT molecular complexity index is 707. The van der Waals surface area contributed by atoms with Gasteiger partial charge in [0.05, 0.1) is 12.7 Å². The number of rotatable bonds is 8. The molecule has 0 saturated heterocycles. The summed E-state index contributed by atoms with van der Waals surface area (Å²) in [7, 11) is 5.75. The summed E-state index contributed by atoms with van der Waals surface area (Å²) in [4.78, 5) is 2.13. The summed E-state index contributed by atoms with van der Waals surface area (Å²) in [6.07, 6.45) is 2.68. The van der Waals surface area contributed by atoms with Crippen LogP contribution in [0.2, 0.25) is 0 Å². The molecule has 3 nitrogen and oxygen atoms in total. The fourth-order valence-corrected chi connectivity index (χ4v) is 3.38. The maximum atomic E-state index is 11.7. The molecule has 0 bridgehead atoms. The summed E-state index contributed by atoms with van der Waals surface area (Å²) >= 11 is 0. The van der Waals surface area contributed by atoms with Crippen LogP contribution in [0.5, 0.6) is 5.75 Å². The summed E-state index contributed by atoms with van der Waals surface area (Å²) in [5, 5.41) is 11.7. The van der Waals surface area contributed by atoms with E-state index in [1.54, 1.807) is 7.11 Å². The van der Waals surface area contributed by atoms with Crippen molar-refractivity contribution in [1.82, 2.24) is 4.90 Å². The van der Waals surface area contributed by atoms with Crippen molar-refractivity contribution in [2.75, 3.05) is 27.7 Å². The minimum Gasteiger partial charge on any atom is -0.497 e. The molecular formula is C23H31NO2. The number of benzene rings is 2. The molecule has 1 N–H and O–H groups in total. The highest BCUT2D eigenvalue weighted by atomic mass is 16.5. The third-order valence-corrected chi connectivity index (χ3v) is 4.95. The third-order valence-electron chi connectivity index (χ3n) is 4.95. The monoisotopic (exact) mass is 353 g/mol. The zero-order valence-corrected chi connectivity index (χ0v) is 16.6. The van der Waals surface area contributed by atoms with Gasteiger partial charge in [-0.2, -0.15) is 0 Å². The molecule has 0 amide bonds. The lowest BCUT2D eigenvalue weighted by atomic mass is 9.77. The van der Waals surface area contributed by atoms with Crippen LogP contribution in [0.25, 0.3) is 6.08 Å². The lowest BCUT2D eigenvalue weighted by Crippen LogP contribution is -2.44. The van der Waals surface area contributed by atoms with Crippen molar-refractivity contribution < 1.29 is 9.84 Å². The number of nitrogens with zero attached hydrogens (tertiary/aromatic N) is 1. The summed E-state index contributed by atoms with van der Waals surface area (Å²) in [5.74, 6) is 0.924. The van der Waals surface area contributed by atoms with Crippen LogP contribution in [0, 0.1) is 5.92 Å². The molecule has 2 aromatic rings. The molecule has 0 aliphatic rings. The molecule has 0 aromatic heterocycles. The van der Waals surface area contributed by atoms with E-state index in [0.29, 0.717) is 6.42 Å². The number of hydrogen-bond acceptors (Lipinski definition) is 3. The second-order valence-corrected chi connectivity index (χ2v) is 7.35. The predicted molar refractivity (Wildman–Crippen MR) is 109 cm³/mol. The molecule has 0 spiro atoms. The molecule has 0 fully saturated rings. The first-order valence-corrected chi connectivity index (χ1v) is 9.09. The van der Waals surface area contributed by atoms with Crippen LogP contribution < -0.4 is 4.74 Å². The molecule has 2 aromatic carbocycles. The largest absolute Gasteiger partial charge is 0.497 e. The fourth-order valence-electron chi connectivity index (χ4n) is 3.38. The van der Waals surface area contributed by atoms with Crippen molar-refractivity contribution in [2.45, 2.75) is 25.9 Å². The summed E-state index contributed by atoms with van der Waals surface area (Å²) < 4.78 is 5.23. The van der Waals surface area contributed by atoms with Crippen molar-refractivity contribution in [3.05, 3.63) is 71.3 Å². The topological polar surface area (TPSA) is 32.7 Å². The van der Waals surface area contributed by atoms with Gasteiger partial charge in [-0.1, -0.05) is 55.5 Å². The number of hydrogen-bond donors (Lipinski definition) is 1. The molecule has 0 aliphatic carbocycles. The Labute approximate surface area is 157 Å². The van der Waals surface area contributed by atoms with Gasteiger partial charge in [0.1, 0.15) is 5.75 Å². The van der Waals surface area contributed by atoms with Gasteiger partial charge in [-0.25, -0.2) is 0 Å². The van der Waals surface area contributed by atoms with E-state index >= 15 is 0 Å². The van der Waals surface area contributed by atoms with Crippen LogP contribution in [-0.2, 0) is 6.42 Å². The van der Waals surface area contributed by atoms with Crippen LogP contribution in [-0.4, -0.2) is 43.4 Å². The zero-order valence-electron chi connectivity index (χ0n) is 16.6. The van der Waals surface area contributed by atoms with E-state index in [1.165, 1.54) is 0 Å². The zero-order chi connectivity index (χ0) is 19.2. The van der Waals surface area contributed by atoms with Crippen LogP contribution >= 0.6 is 0 Å². The van der Waals surface area contributed by atoms with Crippen LogP contribution in [0.4, 0.5) is 0 Å². The first-order valence-electron chi connectivity index (χ1n) is 9.09.